The van der Waals surface area contributed by atoms with Crippen molar-refractivity contribution in [2.75, 3.05) is 0 Å². The quantitative estimate of drug-likeness (QED) is 0.602. The first-order valence-electron chi connectivity index (χ1n) is 5.59. The zero-order chi connectivity index (χ0) is 12.5. The summed E-state index contributed by atoms with van der Waals surface area (Å²) >= 11 is 0. The topological polar surface area (TPSA) is 77.1 Å². The van der Waals surface area contributed by atoms with Gasteiger partial charge in [0.05, 0.1) is 11.8 Å². The first-order chi connectivity index (χ1) is 8.75. The van der Waals surface area contributed by atoms with E-state index >= 15 is 0 Å². The fourth-order valence-corrected chi connectivity index (χ4v) is 2.02. The molecule has 5 nitrogen and oxygen atoms in total. The maximum Gasteiger partial charge on any atom is 0.198 e. The summed E-state index contributed by atoms with van der Waals surface area (Å²) in [6, 6.07) is 7.64. The Morgan fingerprint density at radius 1 is 1.33 bits per heavy atom. The monoisotopic (exact) mass is 240 g/mol. The van der Waals surface area contributed by atoms with E-state index in [-0.39, 0.29) is 5.88 Å². The zero-order valence-electron chi connectivity index (χ0n) is 9.81. The van der Waals surface area contributed by atoms with E-state index in [4.69, 9.17) is 0 Å². The molecule has 0 aliphatic heterocycles. The summed E-state index contributed by atoms with van der Waals surface area (Å²) in [6.07, 6.45) is 3.27. The number of fused-ring (bicyclic) bond motifs is 1. The molecule has 1 aromatic carbocycles. The minimum Gasteiger partial charge on any atom is -0.494 e. The third-order valence-corrected chi connectivity index (χ3v) is 2.87. The van der Waals surface area contributed by atoms with E-state index in [1.807, 2.05) is 25.1 Å². The lowest BCUT2D eigenvalue weighted by Gasteiger charge is -1.96. The van der Waals surface area contributed by atoms with E-state index in [2.05, 4.69) is 20.2 Å². The van der Waals surface area contributed by atoms with Gasteiger partial charge in [-0.05, 0) is 18.6 Å². The fraction of sp³-hybridized carbons (Fsp3) is 0.0769. The van der Waals surface area contributed by atoms with Crippen LogP contribution in [0.1, 0.15) is 11.1 Å². The number of aromatic hydroxyl groups is 1. The molecule has 2 aromatic heterocycles. The van der Waals surface area contributed by atoms with Crippen LogP contribution in [0.15, 0.2) is 35.5 Å². The van der Waals surface area contributed by atoms with Gasteiger partial charge in [0.15, 0.2) is 5.88 Å². The minimum atomic E-state index is 0.127. The van der Waals surface area contributed by atoms with Crippen molar-refractivity contribution in [1.29, 1.82) is 0 Å². The van der Waals surface area contributed by atoms with Crippen LogP contribution in [0, 0.1) is 6.92 Å². The Labute approximate surface area is 103 Å². The summed E-state index contributed by atoms with van der Waals surface area (Å²) in [5, 5.41) is 17.5. The molecule has 0 bridgehead atoms. The van der Waals surface area contributed by atoms with Gasteiger partial charge in [0.2, 0.25) is 0 Å². The molecule has 3 aromatic rings. The first kappa shape index (κ1) is 10.6. The van der Waals surface area contributed by atoms with Gasteiger partial charge in [-0.1, -0.05) is 12.1 Å². The Kier molecular flexibility index (Phi) is 2.37. The smallest absolute Gasteiger partial charge is 0.198 e. The van der Waals surface area contributed by atoms with Crippen molar-refractivity contribution < 1.29 is 5.11 Å². The van der Waals surface area contributed by atoms with Crippen LogP contribution in [0.4, 0.5) is 5.82 Å². The van der Waals surface area contributed by atoms with Gasteiger partial charge in [-0.25, -0.2) is 4.99 Å². The molecule has 0 spiro atoms. The first-order valence-corrected chi connectivity index (χ1v) is 5.59. The highest BCUT2D eigenvalue weighted by molar-refractivity contribution is 6.04. The Morgan fingerprint density at radius 3 is 3.00 bits per heavy atom. The lowest BCUT2D eigenvalue weighted by atomic mass is 10.1. The summed E-state index contributed by atoms with van der Waals surface area (Å²) in [5.41, 5.74) is 2.69. The van der Waals surface area contributed by atoms with Gasteiger partial charge in [0.25, 0.3) is 0 Å². The number of hydrogen-bond acceptors (Lipinski definition) is 3. The molecule has 3 N–H and O–H groups in total. The molecule has 0 amide bonds. The molecule has 0 radical (unpaired) electrons. The molecule has 0 atom stereocenters. The third-order valence-electron chi connectivity index (χ3n) is 2.87. The van der Waals surface area contributed by atoms with E-state index in [9.17, 15) is 5.11 Å². The van der Waals surface area contributed by atoms with Crippen LogP contribution in [0.3, 0.4) is 0 Å². The average molecular weight is 240 g/mol. The van der Waals surface area contributed by atoms with Gasteiger partial charge in [-0.15, -0.1) is 0 Å². The predicted octanol–water partition coefficient (Wildman–Crippen LogP) is 2.66. The molecular formula is C13H12N4O. The number of H-pyrrole nitrogens is 2. The Morgan fingerprint density at radius 2 is 2.22 bits per heavy atom. The largest absolute Gasteiger partial charge is 0.494 e. The summed E-state index contributed by atoms with van der Waals surface area (Å²) in [6.45, 7) is 2.00. The molecule has 0 saturated heterocycles. The molecule has 0 saturated carbocycles. The van der Waals surface area contributed by atoms with Gasteiger partial charge < -0.3 is 10.1 Å². The Balaban J connectivity index is 2.14. The maximum absolute atomic E-state index is 9.91. The van der Waals surface area contributed by atoms with E-state index in [0.29, 0.717) is 11.4 Å². The zero-order valence-corrected chi connectivity index (χ0v) is 9.81. The van der Waals surface area contributed by atoms with Crippen molar-refractivity contribution in [3.05, 3.63) is 41.6 Å². The number of aromatic nitrogens is 3. The second-order valence-corrected chi connectivity index (χ2v) is 4.08. The molecular weight excluding hydrogens is 228 g/mol. The minimum absolute atomic E-state index is 0.127. The number of aliphatic imine (C=N–C) groups is 1. The summed E-state index contributed by atoms with van der Waals surface area (Å²) < 4.78 is 0. The van der Waals surface area contributed by atoms with E-state index < -0.39 is 0 Å². The highest BCUT2D eigenvalue weighted by Gasteiger charge is 2.10. The second kappa shape index (κ2) is 4.03. The number of rotatable bonds is 2. The van der Waals surface area contributed by atoms with Gasteiger partial charge in [-0.2, -0.15) is 5.10 Å². The molecule has 0 unspecified atom stereocenters. The fourth-order valence-electron chi connectivity index (χ4n) is 2.02. The van der Waals surface area contributed by atoms with Crippen LogP contribution in [0.2, 0.25) is 0 Å². The highest BCUT2D eigenvalue weighted by atomic mass is 16.3. The SMILES string of the molecule is Cc1cccc2[nH]c(O)c(/C=N/c3ccn[nH]3)c12. The van der Waals surface area contributed by atoms with Gasteiger partial charge >= 0.3 is 0 Å². The lowest BCUT2D eigenvalue weighted by Crippen LogP contribution is -1.82. The van der Waals surface area contributed by atoms with Gasteiger partial charge in [0.1, 0.15) is 5.82 Å². The van der Waals surface area contributed by atoms with Crippen molar-refractivity contribution in [2.45, 2.75) is 6.92 Å². The number of benzene rings is 1. The Bertz CT molecular complexity index is 710. The summed E-state index contributed by atoms with van der Waals surface area (Å²) in [7, 11) is 0. The molecule has 18 heavy (non-hydrogen) atoms. The van der Waals surface area contributed by atoms with Crippen molar-refractivity contribution in [3.8, 4) is 5.88 Å². The summed E-state index contributed by atoms with van der Waals surface area (Å²) in [5.74, 6) is 0.778. The number of hydrogen-bond donors (Lipinski definition) is 3. The third kappa shape index (κ3) is 1.66. The molecule has 0 aliphatic carbocycles. The second-order valence-electron chi connectivity index (χ2n) is 4.08. The van der Waals surface area contributed by atoms with Crippen molar-refractivity contribution in [1.82, 2.24) is 15.2 Å². The van der Waals surface area contributed by atoms with Crippen LogP contribution >= 0.6 is 0 Å². The summed E-state index contributed by atoms with van der Waals surface area (Å²) in [4.78, 5) is 7.17. The van der Waals surface area contributed by atoms with Gasteiger partial charge in [-0.3, -0.25) is 5.10 Å². The standard InChI is InChI=1S/C13H12N4O/c1-8-3-2-4-10-12(8)9(13(18)16-10)7-14-11-5-6-15-17-11/h2-7,16,18H,1H3,(H,15,17)/b14-7+. The van der Waals surface area contributed by atoms with Crippen LogP contribution < -0.4 is 0 Å². The van der Waals surface area contributed by atoms with Crippen LogP contribution in [0.25, 0.3) is 10.9 Å². The molecule has 0 fully saturated rings. The molecule has 90 valence electrons. The maximum atomic E-state index is 9.91. The lowest BCUT2D eigenvalue weighted by molar-refractivity contribution is 0.457. The molecule has 5 heteroatoms. The average Bonchev–Trinajstić information content (AvgIpc) is 2.94. The predicted molar refractivity (Wildman–Crippen MR) is 70.5 cm³/mol. The number of nitrogens with one attached hydrogen (secondary N) is 2. The van der Waals surface area contributed by atoms with Gasteiger partial charge in [0, 0.05) is 23.2 Å². The van der Waals surface area contributed by atoms with Crippen molar-refractivity contribution in [3.63, 3.8) is 0 Å². The van der Waals surface area contributed by atoms with Crippen LogP contribution in [-0.4, -0.2) is 26.5 Å². The normalized spacial score (nSPS) is 11.6. The highest BCUT2D eigenvalue weighted by Crippen LogP contribution is 2.28. The molecule has 0 aliphatic rings. The number of nitrogens with zero attached hydrogens (tertiary/aromatic N) is 2. The Hall–Kier alpha value is -2.56. The number of aromatic amines is 2. The van der Waals surface area contributed by atoms with E-state index in [1.165, 1.54) is 0 Å². The molecule has 2 heterocycles. The van der Waals surface area contributed by atoms with Crippen molar-refractivity contribution >= 4 is 22.9 Å². The van der Waals surface area contributed by atoms with E-state index in [0.717, 1.165) is 16.5 Å². The van der Waals surface area contributed by atoms with Crippen molar-refractivity contribution in [2.24, 2.45) is 4.99 Å². The van der Waals surface area contributed by atoms with E-state index in [1.54, 1.807) is 18.5 Å². The number of aryl methyl sites for hydroxylation is 1. The van der Waals surface area contributed by atoms with Crippen LogP contribution in [-0.2, 0) is 0 Å². The van der Waals surface area contributed by atoms with Crippen LogP contribution in [0.5, 0.6) is 5.88 Å². The molecule has 3 rings (SSSR count).